The number of nitrogens with one attached hydrogen (secondary N) is 2. The second-order valence-electron chi connectivity index (χ2n) is 5.76. The lowest BCUT2D eigenvalue weighted by Crippen LogP contribution is -2.44. The zero-order valence-corrected chi connectivity index (χ0v) is 15.1. The Bertz CT molecular complexity index is 857. The summed E-state index contributed by atoms with van der Waals surface area (Å²) in [6.45, 7) is 4.09. The average molecular weight is 370 g/mol. The summed E-state index contributed by atoms with van der Waals surface area (Å²) in [6, 6.07) is 0.838. The van der Waals surface area contributed by atoms with E-state index in [0.29, 0.717) is 10.7 Å². The van der Waals surface area contributed by atoms with Crippen molar-refractivity contribution in [2.75, 3.05) is 18.9 Å². The molecule has 2 aromatic rings. The van der Waals surface area contributed by atoms with Crippen LogP contribution < -0.4 is 10.6 Å². The van der Waals surface area contributed by atoms with Crippen LogP contribution in [0.3, 0.4) is 0 Å². The molecular weight excluding hydrogens is 352 g/mol. The van der Waals surface area contributed by atoms with Gasteiger partial charge in [-0.2, -0.15) is 4.31 Å². The summed E-state index contributed by atoms with van der Waals surface area (Å²) in [4.78, 5) is 13.1. The smallest absolute Gasteiger partial charge is 0.321 e. The molecule has 0 saturated heterocycles. The predicted molar refractivity (Wildman–Crippen MR) is 89.4 cm³/mol. The van der Waals surface area contributed by atoms with Gasteiger partial charge in [-0.3, -0.25) is 5.32 Å². The molecule has 3 rings (SSSR count). The molecule has 0 radical (unpaired) electrons. The first-order valence-corrected chi connectivity index (χ1v) is 9.64. The van der Waals surface area contributed by atoms with E-state index >= 15 is 0 Å². The number of aromatic nitrogens is 3. The fourth-order valence-electron chi connectivity index (χ4n) is 2.39. The number of fused-ring (bicyclic) bond motifs is 1. The van der Waals surface area contributed by atoms with Crippen LogP contribution >= 0.6 is 11.3 Å². The number of carbonyl (C=O) groups is 1. The third kappa shape index (κ3) is 3.01. The molecule has 0 unspecified atom stereocenters. The van der Waals surface area contributed by atoms with Gasteiger partial charge in [-0.05, 0) is 25.3 Å². The summed E-state index contributed by atoms with van der Waals surface area (Å²) < 4.78 is 27.3. The van der Waals surface area contributed by atoms with Crippen molar-refractivity contribution in [1.82, 2.24) is 24.6 Å². The second kappa shape index (κ2) is 6.15. The van der Waals surface area contributed by atoms with Gasteiger partial charge in [0, 0.05) is 24.5 Å². The molecular formula is C13H18N6O3S2. The van der Waals surface area contributed by atoms with Crippen LogP contribution in [0.5, 0.6) is 0 Å². The Kier molecular flexibility index (Phi) is 4.32. The Morgan fingerprint density at radius 2 is 2.21 bits per heavy atom. The highest BCUT2D eigenvalue weighted by atomic mass is 32.2. The van der Waals surface area contributed by atoms with Crippen LogP contribution in [0.2, 0.25) is 0 Å². The Labute approximate surface area is 143 Å². The molecule has 0 saturated carbocycles. The average Bonchev–Trinajstić information content (AvgIpc) is 3.14. The van der Waals surface area contributed by atoms with Gasteiger partial charge < -0.3 is 5.32 Å². The number of urea groups is 1. The molecule has 1 aliphatic rings. The predicted octanol–water partition coefficient (Wildman–Crippen LogP) is 1.42. The van der Waals surface area contributed by atoms with Crippen molar-refractivity contribution in [3.05, 3.63) is 22.5 Å². The number of hydrogen-bond acceptors (Lipinski definition) is 6. The normalized spacial score (nSPS) is 19.9. The van der Waals surface area contributed by atoms with Crippen molar-refractivity contribution >= 4 is 33.2 Å². The maximum Gasteiger partial charge on any atom is 0.321 e. The number of amides is 2. The minimum Gasteiger partial charge on any atom is -0.329 e. The molecule has 9 nitrogen and oxygen atoms in total. The van der Waals surface area contributed by atoms with E-state index in [1.54, 1.807) is 22.3 Å². The van der Waals surface area contributed by atoms with Gasteiger partial charge in [0.05, 0.1) is 17.1 Å². The molecule has 1 atom stereocenters. The SMILES string of the molecule is CC(C)n1cc(NC(=O)N[C@@H]2CN(C)S(=O)(=O)c3ccsc32)nn1. The molecule has 0 spiro atoms. The number of rotatable bonds is 3. The zero-order chi connectivity index (χ0) is 17.5. The van der Waals surface area contributed by atoms with Crippen molar-refractivity contribution in [2.24, 2.45) is 0 Å². The molecule has 3 heterocycles. The monoisotopic (exact) mass is 370 g/mol. The van der Waals surface area contributed by atoms with Gasteiger partial charge in [-0.1, -0.05) is 5.21 Å². The highest BCUT2D eigenvalue weighted by Crippen LogP contribution is 2.35. The minimum absolute atomic E-state index is 0.141. The van der Waals surface area contributed by atoms with Crippen LogP contribution in [-0.2, 0) is 10.0 Å². The van der Waals surface area contributed by atoms with Gasteiger partial charge in [0.1, 0.15) is 0 Å². The summed E-state index contributed by atoms with van der Waals surface area (Å²) in [5.41, 5.74) is 0. The van der Waals surface area contributed by atoms with E-state index in [2.05, 4.69) is 20.9 Å². The van der Waals surface area contributed by atoms with E-state index in [0.717, 1.165) is 0 Å². The van der Waals surface area contributed by atoms with Crippen LogP contribution in [0, 0.1) is 0 Å². The topological polar surface area (TPSA) is 109 Å². The first-order valence-electron chi connectivity index (χ1n) is 7.32. The van der Waals surface area contributed by atoms with Crippen LogP contribution in [0.25, 0.3) is 0 Å². The van der Waals surface area contributed by atoms with Crippen molar-refractivity contribution in [2.45, 2.75) is 30.8 Å². The highest BCUT2D eigenvalue weighted by Gasteiger charge is 2.36. The quantitative estimate of drug-likeness (QED) is 0.849. The Morgan fingerprint density at radius 3 is 2.88 bits per heavy atom. The van der Waals surface area contributed by atoms with Crippen molar-refractivity contribution in [1.29, 1.82) is 0 Å². The van der Waals surface area contributed by atoms with Crippen LogP contribution in [0.4, 0.5) is 10.6 Å². The number of thiophene rings is 1. The minimum atomic E-state index is -3.46. The molecule has 0 aromatic carbocycles. The highest BCUT2D eigenvalue weighted by molar-refractivity contribution is 7.89. The number of nitrogens with zero attached hydrogens (tertiary/aromatic N) is 4. The molecule has 2 amide bonds. The van der Waals surface area contributed by atoms with E-state index in [-0.39, 0.29) is 17.5 Å². The summed E-state index contributed by atoms with van der Waals surface area (Å²) in [5.74, 6) is 0.337. The summed E-state index contributed by atoms with van der Waals surface area (Å²) in [7, 11) is -1.97. The van der Waals surface area contributed by atoms with E-state index < -0.39 is 22.1 Å². The van der Waals surface area contributed by atoms with E-state index in [1.807, 2.05) is 13.8 Å². The maximum atomic E-state index is 12.2. The molecule has 24 heavy (non-hydrogen) atoms. The molecule has 2 N–H and O–H groups in total. The van der Waals surface area contributed by atoms with Gasteiger partial charge in [0.15, 0.2) is 5.82 Å². The van der Waals surface area contributed by atoms with Crippen LogP contribution in [0.15, 0.2) is 22.5 Å². The standard InChI is InChI=1S/C13H18N6O3S2/c1-8(2)19-7-11(16-17-19)15-13(20)14-9-6-18(3)24(21,22)10-4-5-23-12(9)10/h4-5,7-9H,6H2,1-3H3,(H2,14,15,20)/t9-/m1/s1. The van der Waals surface area contributed by atoms with E-state index in [4.69, 9.17) is 0 Å². The number of carbonyl (C=O) groups excluding carboxylic acids is 1. The van der Waals surface area contributed by atoms with Gasteiger partial charge >= 0.3 is 6.03 Å². The molecule has 11 heteroatoms. The Balaban J connectivity index is 1.73. The maximum absolute atomic E-state index is 12.2. The second-order valence-corrected chi connectivity index (χ2v) is 8.72. The molecule has 130 valence electrons. The lowest BCUT2D eigenvalue weighted by atomic mass is 10.2. The number of anilines is 1. The molecule has 0 fully saturated rings. The third-order valence-corrected chi connectivity index (χ3v) is 6.73. The largest absolute Gasteiger partial charge is 0.329 e. The fourth-order valence-corrected chi connectivity index (χ4v) is 5.09. The molecule has 1 aliphatic heterocycles. The number of likely N-dealkylation sites (N-methyl/N-ethyl adjacent to an activating group) is 1. The molecule has 0 bridgehead atoms. The lowest BCUT2D eigenvalue weighted by Gasteiger charge is -2.29. The van der Waals surface area contributed by atoms with E-state index in [1.165, 1.54) is 22.7 Å². The Hall–Kier alpha value is -1.98. The number of hydrogen-bond donors (Lipinski definition) is 2. The first-order chi connectivity index (χ1) is 11.3. The van der Waals surface area contributed by atoms with Crippen LogP contribution in [-0.4, -0.2) is 47.3 Å². The molecule has 2 aromatic heterocycles. The van der Waals surface area contributed by atoms with Gasteiger partial charge in [0.2, 0.25) is 10.0 Å². The van der Waals surface area contributed by atoms with Crippen molar-refractivity contribution < 1.29 is 13.2 Å². The van der Waals surface area contributed by atoms with E-state index in [9.17, 15) is 13.2 Å². The first kappa shape index (κ1) is 16.9. The summed E-state index contributed by atoms with van der Waals surface area (Å²) in [5, 5.41) is 14.9. The van der Waals surface area contributed by atoms with Crippen LogP contribution in [0.1, 0.15) is 30.8 Å². The van der Waals surface area contributed by atoms with Gasteiger partial charge in [-0.15, -0.1) is 16.4 Å². The Morgan fingerprint density at radius 1 is 1.46 bits per heavy atom. The van der Waals surface area contributed by atoms with Crippen molar-refractivity contribution in [3.63, 3.8) is 0 Å². The molecule has 0 aliphatic carbocycles. The number of sulfonamides is 1. The van der Waals surface area contributed by atoms with Gasteiger partial charge in [0.25, 0.3) is 0 Å². The third-order valence-electron chi connectivity index (χ3n) is 3.69. The zero-order valence-electron chi connectivity index (χ0n) is 13.4. The fraction of sp³-hybridized carbons (Fsp3) is 0.462. The van der Waals surface area contributed by atoms with Gasteiger partial charge in [-0.25, -0.2) is 17.9 Å². The summed E-state index contributed by atoms with van der Waals surface area (Å²) >= 11 is 1.31. The summed E-state index contributed by atoms with van der Waals surface area (Å²) in [6.07, 6.45) is 1.64. The van der Waals surface area contributed by atoms with Crippen molar-refractivity contribution in [3.8, 4) is 0 Å². The lowest BCUT2D eigenvalue weighted by molar-refractivity contribution is 0.246.